The molecule has 0 aliphatic carbocycles. The maximum Gasteiger partial charge on any atom is 0.262 e. The maximum atomic E-state index is 13.6. The normalized spacial score (nSPS) is 13.6. The highest BCUT2D eigenvalue weighted by Crippen LogP contribution is 2.30. The SMILES string of the molecule is Cc1cccc(C)c1NC(=O)c1cnc(Nc2ccc(N3CCN(C(C)C)CC3)cc2)nc1Oc1cccc(-c2ccn[nH]2)c1. The van der Waals surface area contributed by atoms with Crippen molar-refractivity contribution >= 4 is 28.9 Å². The molecular formula is C35H38N8O2. The predicted molar refractivity (Wildman–Crippen MR) is 179 cm³/mol. The quantitative estimate of drug-likeness (QED) is 0.169. The largest absolute Gasteiger partial charge is 0.438 e. The van der Waals surface area contributed by atoms with E-state index in [1.54, 1.807) is 6.20 Å². The molecule has 2 aromatic heterocycles. The Morgan fingerprint density at radius 2 is 1.67 bits per heavy atom. The number of rotatable bonds is 9. The fourth-order valence-electron chi connectivity index (χ4n) is 5.49. The molecule has 3 aromatic carbocycles. The van der Waals surface area contributed by atoms with E-state index in [0.29, 0.717) is 17.7 Å². The smallest absolute Gasteiger partial charge is 0.262 e. The number of hydrogen-bond donors (Lipinski definition) is 3. The van der Waals surface area contributed by atoms with Crippen LogP contribution in [0.15, 0.2) is 85.2 Å². The van der Waals surface area contributed by atoms with Gasteiger partial charge in [0.1, 0.15) is 11.3 Å². The van der Waals surface area contributed by atoms with Crippen LogP contribution in [0.25, 0.3) is 11.3 Å². The van der Waals surface area contributed by atoms with Crippen LogP contribution in [0.4, 0.5) is 23.0 Å². The number of H-pyrrole nitrogens is 1. The molecule has 1 aliphatic heterocycles. The number of aryl methyl sites for hydroxylation is 2. The Hall–Kier alpha value is -5.22. The minimum Gasteiger partial charge on any atom is -0.438 e. The summed E-state index contributed by atoms with van der Waals surface area (Å²) in [5, 5.41) is 13.3. The van der Waals surface area contributed by atoms with Crippen molar-refractivity contribution < 1.29 is 9.53 Å². The summed E-state index contributed by atoms with van der Waals surface area (Å²) in [5.41, 5.74) is 6.65. The number of benzene rings is 3. The molecule has 10 nitrogen and oxygen atoms in total. The fourth-order valence-corrected chi connectivity index (χ4v) is 5.49. The number of aromatic amines is 1. The second-order valence-corrected chi connectivity index (χ2v) is 11.5. The third-order valence-corrected chi connectivity index (χ3v) is 8.11. The summed E-state index contributed by atoms with van der Waals surface area (Å²) in [6, 6.07) is 24.1. The second-order valence-electron chi connectivity index (χ2n) is 11.5. The van der Waals surface area contributed by atoms with Crippen molar-refractivity contribution in [3.05, 3.63) is 102 Å². The number of piperazine rings is 1. The highest BCUT2D eigenvalue weighted by Gasteiger charge is 2.21. The van der Waals surface area contributed by atoms with E-state index in [0.717, 1.165) is 59.9 Å². The van der Waals surface area contributed by atoms with Crippen molar-refractivity contribution in [3.63, 3.8) is 0 Å². The maximum absolute atomic E-state index is 13.6. The molecular weight excluding hydrogens is 564 g/mol. The zero-order chi connectivity index (χ0) is 31.3. The van der Waals surface area contributed by atoms with Crippen molar-refractivity contribution in [2.24, 2.45) is 0 Å². The van der Waals surface area contributed by atoms with E-state index in [9.17, 15) is 4.79 Å². The molecule has 1 saturated heterocycles. The molecule has 45 heavy (non-hydrogen) atoms. The summed E-state index contributed by atoms with van der Waals surface area (Å²) in [4.78, 5) is 27.6. The number of amides is 1. The van der Waals surface area contributed by atoms with Crippen LogP contribution in [0.3, 0.4) is 0 Å². The van der Waals surface area contributed by atoms with Crippen LogP contribution in [0.5, 0.6) is 11.6 Å². The van der Waals surface area contributed by atoms with Crippen LogP contribution >= 0.6 is 0 Å². The van der Waals surface area contributed by atoms with Gasteiger partial charge in [-0.15, -0.1) is 0 Å². The Morgan fingerprint density at radius 3 is 2.36 bits per heavy atom. The minimum absolute atomic E-state index is 0.137. The molecule has 5 aromatic rings. The number of carbonyl (C=O) groups excluding carboxylic acids is 1. The first-order chi connectivity index (χ1) is 21.8. The molecule has 1 amide bonds. The molecule has 1 aliphatic rings. The predicted octanol–water partition coefficient (Wildman–Crippen LogP) is 6.80. The molecule has 230 valence electrons. The van der Waals surface area contributed by atoms with Crippen molar-refractivity contribution in [2.75, 3.05) is 41.7 Å². The summed E-state index contributed by atoms with van der Waals surface area (Å²) in [6.45, 7) is 12.5. The number of ether oxygens (including phenoxy) is 1. The molecule has 3 heterocycles. The van der Waals surface area contributed by atoms with Gasteiger partial charge in [-0.25, -0.2) is 4.98 Å². The Balaban J connectivity index is 1.25. The number of nitrogens with zero attached hydrogens (tertiary/aromatic N) is 5. The lowest BCUT2D eigenvalue weighted by atomic mass is 10.1. The lowest BCUT2D eigenvalue weighted by Crippen LogP contribution is -2.48. The summed E-state index contributed by atoms with van der Waals surface area (Å²) < 4.78 is 6.27. The molecule has 0 atom stereocenters. The van der Waals surface area contributed by atoms with E-state index < -0.39 is 0 Å². The summed E-state index contributed by atoms with van der Waals surface area (Å²) in [5.74, 6) is 0.615. The molecule has 0 unspecified atom stereocenters. The Kier molecular flexibility index (Phi) is 8.74. The van der Waals surface area contributed by atoms with E-state index in [2.05, 4.69) is 66.6 Å². The summed E-state index contributed by atoms with van der Waals surface area (Å²) in [7, 11) is 0. The Morgan fingerprint density at radius 1 is 0.933 bits per heavy atom. The van der Waals surface area contributed by atoms with Crippen LogP contribution < -0.4 is 20.3 Å². The number of carbonyl (C=O) groups is 1. The zero-order valence-electron chi connectivity index (χ0n) is 26.0. The first-order valence-corrected chi connectivity index (χ1v) is 15.2. The van der Waals surface area contributed by atoms with Crippen molar-refractivity contribution in [3.8, 4) is 22.9 Å². The van der Waals surface area contributed by atoms with Gasteiger partial charge in [-0.1, -0.05) is 30.3 Å². The molecule has 0 spiro atoms. The molecule has 6 rings (SSSR count). The molecule has 0 bridgehead atoms. The van der Waals surface area contributed by atoms with Crippen LogP contribution in [-0.4, -0.2) is 63.2 Å². The minimum atomic E-state index is -0.361. The van der Waals surface area contributed by atoms with Crippen LogP contribution in [0, 0.1) is 13.8 Å². The van der Waals surface area contributed by atoms with Gasteiger partial charge in [0.25, 0.3) is 5.91 Å². The van der Waals surface area contributed by atoms with Gasteiger partial charge in [-0.3, -0.25) is 14.8 Å². The number of para-hydroxylation sites is 1. The number of hydrogen-bond acceptors (Lipinski definition) is 8. The van der Waals surface area contributed by atoms with E-state index in [1.807, 2.05) is 74.5 Å². The number of anilines is 4. The van der Waals surface area contributed by atoms with E-state index in [-0.39, 0.29) is 17.4 Å². The van der Waals surface area contributed by atoms with E-state index >= 15 is 0 Å². The van der Waals surface area contributed by atoms with Crippen molar-refractivity contribution in [2.45, 2.75) is 33.7 Å². The molecule has 3 N–H and O–H groups in total. The van der Waals surface area contributed by atoms with E-state index in [4.69, 9.17) is 4.74 Å². The van der Waals surface area contributed by atoms with Gasteiger partial charge in [0.05, 0.1) is 5.69 Å². The molecule has 0 saturated carbocycles. The number of aromatic nitrogens is 4. The van der Waals surface area contributed by atoms with Crippen molar-refractivity contribution in [1.29, 1.82) is 0 Å². The average Bonchev–Trinajstić information content (AvgIpc) is 3.59. The van der Waals surface area contributed by atoms with Crippen molar-refractivity contribution in [1.82, 2.24) is 25.1 Å². The molecule has 10 heteroatoms. The van der Waals surface area contributed by atoms with Gasteiger partial charge in [-0.05, 0) is 81.3 Å². The second kappa shape index (κ2) is 13.2. The molecule has 0 radical (unpaired) electrons. The first kappa shape index (κ1) is 29.8. The van der Waals surface area contributed by atoms with Crippen LogP contribution in [0.1, 0.15) is 35.3 Å². The van der Waals surface area contributed by atoms with E-state index in [1.165, 1.54) is 11.9 Å². The van der Waals surface area contributed by atoms with Gasteiger partial charge < -0.3 is 20.3 Å². The van der Waals surface area contributed by atoms with Gasteiger partial charge in [0, 0.05) is 67.2 Å². The van der Waals surface area contributed by atoms with Gasteiger partial charge in [-0.2, -0.15) is 10.1 Å². The van der Waals surface area contributed by atoms with Crippen LogP contribution in [0.2, 0.25) is 0 Å². The monoisotopic (exact) mass is 602 g/mol. The fraction of sp³-hybridized carbons (Fsp3) is 0.257. The zero-order valence-corrected chi connectivity index (χ0v) is 26.0. The summed E-state index contributed by atoms with van der Waals surface area (Å²) >= 11 is 0. The van der Waals surface area contributed by atoms with Gasteiger partial charge >= 0.3 is 0 Å². The Bertz CT molecular complexity index is 1740. The van der Waals surface area contributed by atoms with Gasteiger partial charge in [0.15, 0.2) is 0 Å². The highest BCUT2D eigenvalue weighted by atomic mass is 16.5. The highest BCUT2D eigenvalue weighted by molar-refractivity contribution is 6.06. The Labute approximate surface area is 263 Å². The number of nitrogens with one attached hydrogen (secondary N) is 3. The lowest BCUT2D eigenvalue weighted by molar-refractivity contribution is 0.102. The molecule has 1 fully saturated rings. The topological polar surface area (TPSA) is 111 Å². The third-order valence-electron chi connectivity index (χ3n) is 8.11. The summed E-state index contributed by atoms with van der Waals surface area (Å²) in [6.07, 6.45) is 3.19. The van der Waals surface area contributed by atoms with Gasteiger partial charge in [0.2, 0.25) is 11.8 Å². The lowest BCUT2D eigenvalue weighted by Gasteiger charge is -2.38. The third kappa shape index (κ3) is 6.97. The van der Waals surface area contributed by atoms with Crippen LogP contribution in [-0.2, 0) is 0 Å². The first-order valence-electron chi connectivity index (χ1n) is 15.2. The average molecular weight is 603 g/mol. The standard InChI is InChI=1S/C35H38N8O2/c1-23(2)42-17-19-43(20-18-42)28-13-11-27(12-14-28)38-35-36-22-30(33(44)39-32-24(3)7-5-8-25(32)4)34(40-35)45-29-10-6-9-26(21-29)31-15-16-37-41-31/h5-16,21-23H,17-20H2,1-4H3,(H,37,41)(H,39,44)(H,36,38,40).